The van der Waals surface area contributed by atoms with Gasteiger partial charge in [-0.05, 0) is 29.8 Å². The van der Waals surface area contributed by atoms with E-state index < -0.39 is 0 Å². The molecular weight excluding hydrogens is 290 g/mol. The van der Waals surface area contributed by atoms with E-state index >= 15 is 0 Å². The zero-order chi connectivity index (χ0) is 13.0. The van der Waals surface area contributed by atoms with Gasteiger partial charge in [-0.15, -0.1) is 0 Å². The minimum atomic E-state index is 0.495. The van der Waals surface area contributed by atoms with Crippen LogP contribution >= 0.6 is 15.9 Å². The molecule has 0 aromatic heterocycles. The Bertz CT molecular complexity index is 602. The van der Waals surface area contributed by atoms with Crippen LogP contribution in [0.2, 0.25) is 0 Å². The molecule has 0 bridgehead atoms. The molecule has 18 heavy (non-hydrogen) atoms. The summed E-state index contributed by atoms with van der Waals surface area (Å²) in [5.74, 6) is 0. The van der Waals surface area contributed by atoms with E-state index in [9.17, 15) is 0 Å². The zero-order valence-corrected chi connectivity index (χ0v) is 11.2. The number of anilines is 2. The molecule has 3 N–H and O–H groups in total. The van der Waals surface area contributed by atoms with Crippen molar-refractivity contribution in [2.75, 3.05) is 11.1 Å². The molecule has 0 aliphatic rings. The SMILES string of the molecule is N#Cc1ccc(NCc2ccccc2Br)cc1N. The van der Waals surface area contributed by atoms with Crippen LogP contribution in [0.1, 0.15) is 11.1 Å². The predicted octanol–water partition coefficient (Wildman–Crippen LogP) is 3.52. The van der Waals surface area contributed by atoms with Gasteiger partial charge in [-0.1, -0.05) is 34.1 Å². The molecule has 90 valence electrons. The lowest BCUT2D eigenvalue weighted by molar-refractivity contribution is 1.14. The molecule has 0 saturated carbocycles. The summed E-state index contributed by atoms with van der Waals surface area (Å²) in [7, 11) is 0. The van der Waals surface area contributed by atoms with Crippen LogP contribution in [0, 0.1) is 11.3 Å². The average molecular weight is 302 g/mol. The second-order valence-electron chi connectivity index (χ2n) is 3.86. The van der Waals surface area contributed by atoms with Crippen LogP contribution in [0.3, 0.4) is 0 Å². The summed E-state index contributed by atoms with van der Waals surface area (Å²) in [5, 5.41) is 12.1. The summed E-state index contributed by atoms with van der Waals surface area (Å²) in [6, 6.07) is 15.4. The highest BCUT2D eigenvalue weighted by Crippen LogP contribution is 2.20. The number of rotatable bonds is 3. The molecule has 2 aromatic carbocycles. The van der Waals surface area contributed by atoms with Gasteiger partial charge >= 0.3 is 0 Å². The molecule has 0 heterocycles. The molecule has 0 radical (unpaired) electrons. The van der Waals surface area contributed by atoms with E-state index in [1.807, 2.05) is 36.4 Å². The molecule has 3 nitrogen and oxygen atoms in total. The van der Waals surface area contributed by atoms with Gasteiger partial charge in [-0.3, -0.25) is 0 Å². The largest absolute Gasteiger partial charge is 0.398 e. The Morgan fingerprint density at radius 2 is 2.00 bits per heavy atom. The van der Waals surface area contributed by atoms with E-state index in [4.69, 9.17) is 11.0 Å². The van der Waals surface area contributed by atoms with Crippen LogP contribution in [0.5, 0.6) is 0 Å². The van der Waals surface area contributed by atoms with Gasteiger partial charge in [-0.25, -0.2) is 0 Å². The van der Waals surface area contributed by atoms with Gasteiger partial charge < -0.3 is 11.1 Å². The van der Waals surface area contributed by atoms with E-state index in [1.54, 1.807) is 12.1 Å². The van der Waals surface area contributed by atoms with Crippen molar-refractivity contribution in [3.63, 3.8) is 0 Å². The summed E-state index contributed by atoms with van der Waals surface area (Å²) in [5.41, 5.74) is 8.83. The predicted molar refractivity (Wildman–Crippen MR) is 77.0 cm³/mol. The van der Waals surface area contributed by atoms with Gasteiger partial charge in [0.25, 0.3) is 0 Å². The summed E-state index contributed by atoms with van der Waals surface area (Å²) >= 11 is 3.50. The Labute approximate surface area is 114 Å². The maximum absolute atomic E-state index is 8.80. The number of nitriles is 1. The second kappa shape index (κ2) is 5.56. The van der Waals surface area contributed by atoms with E-state index in [0.717, 1.165) is 10.2 Å². The van der Waals surface area contributed by atoms with Crippen LogP contribution in [-0.2, 0) is 6.54 Å². The summed E-state index contributed by atoms with van der Waals surface area (Å²) < 4.78 is 1.07. The zero-order valence-electron chi connectivity index (χ0n) is 9.65. The van der Waals surface area contributed by atoms with Crippen LogP contribution in [0.15, 0.2) is 46.9 Å². The monoisotopic (exact) mass is 301 g/mol. The summed E-state index contributed by atoms with van der Waals surface area (Å²) in [4.78, 5) is 0. The number of benzene rings is 2. The van der Waals surface area contributed by atoms with Gasteiger partial charge in [0.1, 0.15) is 6.07 Å². The molecule has 2 aromatic rings. The lowest BCUT2D eigenvalue weighted by Gasteiger charge is -2.09. The Balaban J connectivity index is 2.10. The first kappa shape index (κ1) is 12.5. The fourth-order valence-electron chi connectivity index (χ4n) is 1.61. The lowest BCUT2D eigenvalue weighted by Crippen LogP contribution is -2.01. The van der Waals surface area contributed by atoms with Crippen LogP contribution in [0.4, 0.5) is 11.4 Å². The lowest BCUT2D eigenvalue weighted by atomic mass is 10.1. The summed E-state index contributed by atoms with van der Waals surface area (Å²) in [6.07, 6.45) is 0. The highest BCUT2D eigenvalue weighted by atomic mass is 79.9. The molecule has 0 aliphatic carbocycles. The minimum absolute atomic E-state index is 0.495. The molecule has 0 amide bonds. The standard InChI is InChI=1S/C14H12BrN3/c15-13-4-2-1-3-11(13)9-18-12-6-5-10(8-16)14(17)7-12/h1-7,18H,9,17H2. The quantitative estimate of drug-likeness (QED) is 0.853. The van der Waals surface area contributed by atoms with E-state index in [1.165, 1.54) is 5.56 Å². The number of nitrogens with zero attached hydrogens (tertiary/aromatic N) is 1. The highest BCUT2D eigenvalue weighted by Gasteiger charge is 2.01. The van der Waals surface area contributed by atoms with Crippen molar-refractivity contribution in [2.45, 2.75) is 6.54 Å². The molecule has 0 atom stereocenters. The first-order chi connectivity index (χ1) is 8.70. The van der Waals surface area contributed by atoms with Crippen LogP contribution in [0.25, 0.3) is 0 Å². The van der Waals surface area contributed by atoms with Crippen molar-refractivity contribution in [2.24, 2.45) is 0 Å². The second-order valence-corrected chi connectivity index (χ2v) is 4.71. The fourth-order valence-corrected chi connectivity index (χ4v) is 2.04. The third-order valence-electron chi connectivity index (χ3n) is 2.61. The molecule has 0 fully saturated rings. The van der Waals surface area contributed by atoms with Crippen molar-refractivity contribution in [3.05, 3.63) is 58.1 Å². The number of hydrogen-bond acceptors (Lipinski definition) is 3. The van der Waals surface area contributed by atoms with Gasteiger partial charge in [0.15, 0.2) is 0 Å². The van der Waals surface area contributed by atoms with E-state index in [2.05, 4.69) is 21.2 Å². The number of nitrogen functional groups attached to an aromatic ring is 1. The van der Waals surface area contributed by atoms with Gasteiger partial charge in [0.05, 0.1) is 11.3 Å². The van der Waals surface area contributed by atoms with Crippen molar-refractivity contribution in [1.29, 1.82) is 5.26 Å². The number of nitrogens with one attached hydrogen (secondary N) is 1. The maximum atomic E-state index is 8.80. The molecular formula is C14H12BrN3. The fraction of sp³-hybridized carbons (Fsp3) is 0.0714. The molecule has 0 saturated heterocycles. The topological polar surface area (TPSA) is 61.8 Å². The normalized spacial score (nSPS) is 9.78. The highest BCUT2D eigenvalue weighted by molar-refractivity contribution is 9.10. The summed E-state index contributed by atoms with van der Waals surface area (Å²) in [6.45, 7) is 0.701. The van der Waals surface area contributed by atoms with Crippen molar-refractivity contribution < 1.29 is 0 Å². The Kier molecular flexibility index (Phi) is 3.85. The Hall–Kier alpha value is -1.99. The Morgan fingerprint density at radius 3 is 2.67 bits per heavy atom. The van der Waals surface area contributed by atoms with Crippen molar-refractivity contribution in [1.82, 2.24) is 0 Å². The van der Waals surface area contributed by atoms with Crippen molar-refractivity contribution >= 4 is 27.3 Å². The van der Waals surface area contributed by atoms with E-state index in [0.29, 0.717) is 17.8 Å². The third kappa shape index (κ3) is 2.82. The number of nitrogens with two attached hydrogens (primary N) is 1. The van der Waals surface area contributed by atoms with Gasteiger partial charge in [0, 0.05) is 16.7 Å². The smallest absolute Gasteiger partial charge is 0.101 e. The number of halogens is 1. The average Bonchev–Trinajstić information content (AvgIpc) is 2.38. The van der Waals surface area contributed by atoms with Crippen LogP contribution < -0.4 is 11.1 Å². The first-order valence-corrected chi connectivity index (χ1v) is 6.27. The molecule has 0 unspecified atom stereocenters. The first-order valence-electron chi connectivity index (χ1n) is 5.47. The molecule has 2 rings (SSSR count). The van der Waals surface area contributed by atoms with Crippen LogP contribution in [-0.4, -0.2) is 0 Å². The maximum Gasteiger partial charge on any atom is 0.101 e. The third-order valence-corrected chi connectivity index (χ3v) is 3.39. The molecule has 0 spiro atoms. The van der Waals surface area contributed by atoms with Crippen molar-refractivity contribution in [3.8, 4) is 6.07 Å². The minimum Gasteiger partial charge on any atom is -0.398 e. The molecule has 0 aliphatic heterocycles. The molecule has 4 heteroatoms. The van der Waals surface area contributed by atoms with Gasteiger partial charge in [-0.2, -0.15) is 5.26 Å². The van der Waals surface area contributed by atoms with Gasteiger partial charge in [0.2, 0.25) is 0 Å². The van der Waals surface area contributed by atoms with E-state index in [-0.39, 0.29) is 0 Å². The number of hydrogen-bond donors (Lipinski definition) is 2. The Morgan fingerprint density at radius 1 is 1.22 bits per heavy atom.